The summed E-state index contributed by atoms with van der Waals surface area (Å²) in [5.74, 6) is -0.315. The van der Waals surface area contributed by atoms with Crippen LogP contribution in [0.4, 0.5) is 10.1 Å². The van der Waals surface area contributed by atoms with E-state index in [-0.39, 0.29) is 11.7 Å². The van der Waals surface area contributed by atoms with Gasteiger partial charge in [0.2, 0.25) is 5.91 Å². The van der Waals surface area contributed by atoms with Crippen LogP contribution in [-0.2, 0) is 11.3 Å². The summed E-state index contributed by atoms with van der Waals surface area (Å²) in [5, 5.41) is 0. The van der Waals surface area contributed by atoms with Crippen LogP contribution in [0.1, 0.15) is 18.9 Å². The van der Waals surface area contributed by atoms with E-state index in [0.717, 1.165) is 5.56 Å². The first kappa shape index (κ1) is 13.2. The molecule has 0 aliphatic heterocycles. The number of aromatic nitrogens is 1. The van der Waals surface area contributed by atoms with E-state index in [1.807, 2.05) is 19.1 Å². The standard InChI is InChI=1S/C15H15FN2O/c1-2-15(19)18(11-12-4-3-9-17-10-12)14-7-5-13(16)6-8-14/h3-10H,2,11H2,1H3. The fourth-order valence-electron chi connectivity index (χ4n) is 1.81. The molecule has 0 aliphatic carbocycles. The SMILES string of the molecule is CCC(=O)N(Cc1cccnc1)c1ccc(F)cc1. The van der Waals surface area contributed by atoms with Crippen LogP contribution in [0.2, 0.25) is 0 Å². The highest BCUT2D eigenvalue weighted by Gasteiger charge is 2.14. The van der Waals surface area contributed by atoms with Crippen LogP contribution in [0.5, 0.6) is 0 Å². The fourth-order valence-corrected chi connectivity index (χ4v) is 1.81. The van der Waals surface area contributed by atoms with E-state index in [9.17, 15) is 9.18 Å². The van der Waals surface area contributed by atoms with Gasteiger partial charge in [0.15, 0.2) is 0 Å². The van der Waals surface area contributed by atoms with E-state index in [4.69, 9.17) is 0 Å². The van der Waals surface area contributed by atoms with Crippen molar-refractivity contribution >= 4 is 11.6 Å². The highest BCUT2D eigenvalue weighted by Crippen LogP contribution is 2.18. The smallest absolute Gasteiger partial charge is 0.227 e. The molecule has 1 amide bonds. The Bertz CT molecular complexity index is 540. The molecule has 0 saturated carbocycles. The molecule has 4 heteroatoms. The molecule has 1 aromatic carbocycles. The summed E-state index contributed by atoms with van der Waals surface area (Å²) >= 11 is 0. The largest absolute Gasteiger partial charge is 0.308 e. The quantitative estimate of drug-likeness (QED) is 0.844. The van der Waals surface area contributed by atoms with E-state index < -0.39 is 0 Å². The summed E-state index contributed by atoms with van der Waals surface area (Å²) in [6, 6.07) is 9.67. The van der Waals surface area contributed by atoms with Crippen molar-refractivity contribution in [2.45, 2.75) is 19.9 Å². The Hall–Kier alpha value is -2.23. The minimum atomic E-state index is -0.311. The van der Waals surface area contributed by atoms with Gasteiger partial charge in [0, 0.05) is 24.5 Å². The second-order valence-electron chi connectivity index (χ2n) is 4.17. The zero-order chi connectivity index (χ0) is 13.7. The van der Waals surface area contributed by atoms with Crippen molar-refractivity contribution in [3.63, 3.8) is 0 Å². The van der Waals surface area contributed by atoms with Crippen molar-refractivity contribution in [1.29, 1.82) is 0 Å². The van der Waals surface area contributed by atoms with Gasteiger partial charge in [0.1, 0.15) is 5.82 Å². The van der Waals surface area contributed by atoms with Gasteiger partial charge in [0.25, 0.3) is 0 Å². The molecular weight excluding hydrogens is 243 g/mol. The lowest BCUT2D eigenvalue weighted by Crippen LogP contribution is -2.29. The number of benzene rings is 1. The van der Waals surface area contributed by atoms with Crippen LogP contribution in [-0.4, -0.2) is 10.9 Å². The first-order valence-corrected chi connectivity index (χ1v) is 6.15. The van der Waals surface area contributed by atoms with Gasteiger partial charge in [-0.05, 0) is 35.9 Å². The number of halogens is 1. The third-order valence-corrected chi connectivity index (χ3v) is 2.81. The van der Waals surface area contributed by atoms with E-state index in [2.05, 4.69) is 4.98 Å². The molecule has 19 heavy (non-hydrogen) atoms. The lowest BCUT2D eigenvalue weighted by atomic mass is 10.2. The molecule has 98 valence electrons. The van der Waals surface area contributed by atoms with Crippen LogP contribution in [0.3, 0.4) is 0 Å². The molecule has 2 rings (SSSR count). The van der Waals surface area contributed by atoms with Crippen LogP contribution >= 0.6 is 0 Å². The van der Waals surface area contributed by atoms with Crippen molar-refractivity contribution < 1.29 is 9.18 Å². The molecule has 0 spiro atoms. The predicted molar refractivity (Wildman–Crippen MR) is 72.1 cm³/mol. The molecule has 1 aromatic heterocycles. The van der Waals surface area contributed by atoms with Gasteiger partial charge in [-0.25, -0.2) is 4.39 Å². The molecule has 0 fully saturated rings. The van der Waals surface area contributed by atoms with Crippen LogP contribution in [0.15, 0.2) is 48.8 Å². The second kappa shape index (κ2) is 6.09. The molecule has 0 aliphatic rings. The number of anilines is 1. The summed E-state index contributed by atoms with van der Waals surface area (Å²) in [7, 11) is 0. The number of nitrogens with zero attached hydrogens (tertiary/aromatic N) is 2. The molecule has 0 N–H and O–H groups in total. The monoisotopic (exact) mass is 258 g/mol. The van der Waals surface area contributed by atoms with E-state index in [1.54, 1.807) is 29.4 Å². The normalized spacial score (nSPS) is 10.2. The summed E-state index contributed by atoms with van der Waals surface area (Å²) in [6.45, 7) is 2.24. The molecular formula is C15H15FN2O. The van der Waals surface area contributed by atoms with Gasteiger partial charge >= 0.3 is 0 Å². The Balaban J connectivity index is 2.26. The Morgan fingerprint density at radius 3 is 2.58 bits per heavy atom. The van der Waals surface area contributed by atoms with Crippen molar-refractivity contribution in [2.75, 3.05) is 4.90 Å². The summed E-state index contributed by atoms with van der Waals surface area (Å²) in [4.78, 5) is 17.7. The summed E-state index contributed by atoms with van der Waals surface area (Å²) in [5.41, 5.74) is 1.63. The molecule has 0 atom stereocenters. The Kier molecular flexibility index (Phi) is 4.23. The van der Waals surface area contributed by atoms with E-state index in [0.29, 0.717) is 18.7 Å². The highest BCUT2D eigenvalue weighted by atomic mass is 19.1. The second-order valence-corrected chi connectivity index (χ2v) is 4.17. The first-order valence-electron chi connectivity index (χ1n) is 6.15. The highest BCUT2D eigenvalue weighted by molar-refractivity contribution is 5.92. The van der Waals surface area contributed by atoms with Crippen LogP contribution < -0.4 is 4.90 Å². The minimum Gasteiger partial charge on any atom is -0.308 e. The van der Waals surface area contributed by atoms with Gasteiger partial charge in [-0.3, -0.25) is 9.78 Å². The number of pyridine rings is 1. The van der Waals surface area contributed by atoms with Gasteiger partial charge in [-0.1, -0.05) is 13.0 Å². The lowest BCUT2D eigenvalue weighted by Gasteiger charge is -2.22. The lowest BCUT2D eigenvalue weighted by molar-refractivity contribution is -0.118. The topological polar surface area (TPSA) is 33.2 Å². The molecule has 0 unspecified atom stereocenters. The molecule has 3 nitrogen and oxygen atoms in total. The third kappa shape index (κ3) is 3.37. The maximum atomic E-state index is 12.9. The first-order chi connectivity index (χ1) is 9.20. The van der Waals surface area contributed by atoms with E-state index >= 15 is 0 Å². The zero-order valence-corrected chi connectivity index (χ0v) is 10.7. The molecule has 2 aromatic rings. The number of carbonyl (C=O) groups is 1. The maximum Gasteiger partial charge on any atom is 0.227 e. The molecule has 1 heterocycles. The van der Waals surface area contributed by atoms with Gasteiger partial charge in [0.05, 0.1) is 6.54 Å². The number of hydrogen-bond donors (Lipinski definition) is 0. The predicted octanol–water partition coefficient (Wildman–Crippen LogP) is 3.16. The zero-order valence-electron chi connectivity index (χ0n) is 10.7. The minimum absolute atomic E-state index is 0.00420. The number of carbonyl (C=O) groups excluding carboxylic acids is 1. The van der Waals surface area contributed by atoms with Crippen molar-refractivity contribution in [1.82, 2.24) is 4.98 Å². The summed E-state index contributed by atoms with van der Waals surface area (Å²) < 4.78 is 12.9. The summed E-state index contributed by atoms with van der Waals surface area (Å²) in [6.07, 6.45) is 3.81. The van der Waals surface area contributed by atoms with E-state index in [1.165, 1.54) is 12.1 Å². The fraction of sp³-hybridized carbons (Fsp3) is 0.200. The molecule has 0 radical (unpaired) electrons. The van der Waals surface area contributed by atoms with Crippen LogP contribution in [0.25, 0.3) is 0 Å². The average Bonchev–Trinajstić information content (AvgIpc) is 2.46. The molecule has 0 saturated heterocycles. The molecule has 0 bridgehead atoms. The van der Waals surface area contributed by atoms with Crippen molar-refractivity contribution in [2.24, 2.45) is 0 Å². The van der Waals surface area contributed by atoms with Gasteiger partial charge in [-0.2, -0.15) is 0 Å². The van der Waals surface area contributed by atoms with Crippen molar-refractivity contribution in [3.05, 3.63) is 60.2 Å². The van der Waals surface area contributed by atoms with Gasteiger partial charge < -0.3 is 4.90 Å². The van der Waals surface area contributed by atoms with Crippen LogP contribution in [0, 0.1) is 5.82 Å². The number of rotatable bonds is 4. The average molecular weight is 258 g/mol. The maximum absolute atomic E-state index is 12.9. The van der Waals surface area contributed by atoms with Crippen molar-refractivity contribution in [3.8, 4) is 0 Å². The third-order valence-electron chi connectivity index (χ3n) is 2.81. The Labute approximate surface area is 111 Å². The Morgan fingerprint density at radius 1 is 1.26 bits per heavy atom. The number of amides is 1. The number of hydrogen-bond acceptors (Lipinski definition) is 2. The van der Waals surface area contributed by atoms with Gasteiger partial charge in [-0.15, -0.1) is 0 Å². The Morgan fingerprint density at radius 2 is 2.00 bits per heavy atom.